The van der Waals surface area contributed by atoms with Gasteiger partial charge >= 0.3 is 27.3 Å². The molecule has 4 atom stereocenters. The SMILES string of the molecule is CCC1(OC(=O)COC23CC4CC(O)(CC(OCCOC(=O)C(F)(F)S(=O)(=O)O)(C4)C2)C3)C2CC3CC(C2)CC1C3. The van der Waals surface area contributed by atoms with E-state index >= 15 is 0 Å². The normalized spacial score (nSPS) is 44.3. The fraction of sp³-hybridized carbons (Fsp3) is 0.929. The summed E-state index contributed by atoms with van der Waals surface area (Å²) in [6.07, 6.45) is 9.38. The third kappa shape index (κ3) is 5.11. The third-order valence-electron chi connectivity index (χ3n) is 11.1. The number of carbonyl (C=O) groups is 2. The quantitative estimate of drug-likeness (QED) is 0.204. The number of aliphatic hydroxyl groups is 1. The number of halogens is 2. The summed E-state index contributed by atoms with van der Waals surface area (Å²) < 4.78 is 79.9. The molecule has 0 aliphatic heterocycles. The summed E-state index contributed by atoms with van der Waals surface area (Å²) in [5.41, 5.74) is -3.20. The van der Waals surface area contributed by atoms with Crippen molar-refractivity contribution in [2.24, 2.45) is 29.6 Å². The molecule has 13 heteroatoms. The molecule has 41 heavy (non-hydrogen) atoms. The lowest BCUT2D eigenvalue weighted by Gasteiger charge is -2.64. The molecule has 2 N–H and O–H groups in total. The fourth-order valence-corrected chi connectivity index (χ4v) is 10.6. The van der Waals surface area contributed by atoms with Crippen molar-refractivity contribution in [3.8, 4) is 0 Å². The molecule has 8 bridgehead atoms. The first kappa shape index (κ1) is 29.7. The van der Waals surface area contributed by atoms with Crippen molar-refractivity contribution in [3.05, 3.63) is 0 Å². The van der Waals surface area contributed by atoms with E-state index in [2.05, 4.69) is 11.7 Å². The molecule has 0 amide bonds. The average molecular weight is 607 g/mol. The zero-order chi connectivity index (χ0) is 29.5. The number of esters is 2. The molecule has 8 aliphatic carbocycles. The predicted molar refractivity (Wildman–Crippen MR) is 137 cm³/mol. The van der Waals surface area contributed by atoms with Crippen LogP contribution in [-0.4, -0.2) is 77.5 Å². The molecule has 4 unspecified atom stereocenters. The number of alkyl halides is 2. The second-order valence-electron chi connectivity index (χ2n) is 14.0. The van der Waals surface area contributed by atoms with Crippen LogP contribution >= 0.6 is 0 Å². The maximum absolute atomic E-state index is 13.5. The van der Waals surface area contributed by atoms with Gasteiger partial charge in [0.05, 0.1) is 23.4 Å². The second-order valence-corrected chi connectivity index (χ2v) is 15.4. The van der Waals surface area contributed by atoms with Crippen LogP contribution in [0.5, 0.6) is 0 Å². The van der Waals surface area contributed by atoms with Gasteiger partial charge in [0.15, 0.2) is 0 Å². The molecular weight excluding hydrogens is 566 g/mol. The minimum atomic E-state index is -5.96. The molecule has 0 aromatic rings. The summed E-state index contributed by atoms with van der Waals surface area (Å²) in [6.45, 7) is 0.888. The molecular formula is C28H40F2O10S. The number of hydrogen-bond acceptors (Lipinski definition) is 9. The van der Waals surface area contributed by atoms with E-state index in [0.29, 0.717) is 43.9 Å². The predicted octanol–water partition coefficient (Wildman–Crippen LogP) is 3.40. The summed E-state index contributed by atoms with van der Waals surface area (Å²) in [5, 5.41) is 6.28. The Kier molecular flexibility index (Phi) is 7.09. The second kappa shape index (κ2) is 9.80. The van der Waals surface area contributed by atoms with E-state index in [4.69, 9.17) is 18.8 Å². The summed E-state index contributed by atoms with van der Waals surface area (Å²) in [6, 6.07) is 0. The highest BCUT2D eigenvalue weighted by atomic mass is 32.2. The first-order valence-corrected chi connectivity index (χ1v) is 16.3. The smallest absolute Gasteiger partial charge is 0.458 e. The van der Waals surface area contributed by atoms with Crippen LogP contribution in [0.15, 0.2) is 0 Å². The Labute approximate surface area is 238 Å². The number of hydrogen-bond donors (Lipinski definition) is 2. The van der Waals surface area contributed by atoms with Crippen LogP contribution in [-0.2, 0) is 38.7 Å². The Morgan fingerprint density at radius 1 is 0.878 bits per heavy atom. The van der Waals surface area contributed by atoms with Gasteiger partial charge in [-0.05, 0) is 87.4 Å². The van der Waals surface area contributed by atoms with Gasteiger partial charge in [-0.15, -0.1) is 0 Å². The van der Waals surface area contributed by atoms with Crippen LogP contribution in [0.25, 0.3) is 0 Å². The highest BCUT2D eigenvalue weighted by molar-refractivity contribution is 7.87. The van der Waals surface area contributed by atoms with E-state index in [1.807, 2.05) is 0 Å². The number of rotatable bonds is 11. The molecule has 0 aromatic carbocycles. The average Bonchev–Trinajstić information content (AvgIpc) is 2.85. The summed E-state index contributed by atoms with van der Waals surface area (Å²) in [5.74, 6) is -0.422. The topological polar surface area (TPSA) is 146 Å². The Hall–Kier alpha value is -1.41. The van der Waals surface area contributed by atoms with Crippen molar-refractivity contribution in [1.82, 2.24) is 0 Å². The van der Waals surface area contributed by atoms with Crippen LogP contribution < -0.4 is 0 Å². The lowest BCUT2D eigenvalue weighted by Crippen LogP contribution is -2.67. The number of carbonyl (C=O) groups excluding carboxylic acids is 2. The molecule has 8 rings (SSSR count). The van der Waals surface area contributed by atoms with Crippen molar-refractivity contribution in [2.45, 2.75) is 112 Å². The van der Waals surface area contributed by atoms with Crippen molar-refractivity contribution >= 4 is 22.1 Å². The minimum absolute atomic E-state index is 0.0603. The molecule has 8 fully saturated rings. The Morgan fingerprint density at radius 2 is 1.46 bits per heavy atom. The maximum atomic E-state index is 13.5. The zero-order valence-corrected chi connectivity index (χ0v) is 24.1. The van der Waals surface area contributed by atoms with E-state index in [0.717, 1.165) is 43.9 Å². The van der Waals surface area contributed by atoms with Crippen LogP contribution in [0.2, 0.25) is 0 Å². The highest BCUT2D eigenvalue weighted by Crippen LogP contribution is 2.63. The van der Waals surface area contributed by atoms with Crippen molar-refractivity contribution in [1.29, 1.82) is 0 Å². The molecule has 10 nitrogen and oxygen atoms in total. The van der Waals surface area contributed by atoms with Crippen LogP contribution in [0.4, 0.5) is 8.78 Å². The first-order valence-electron chi connectivity index (χ1n) is 14.8. The van der Waals surface area contributed by atoms with Crippen LogP contribution in [0, 0.1) is 29.6 Å². The maximum Gasteiger partial charge on any atom is 0.465 e. The summed E-state index contributed by atoms with van der Waals surface area (Å²) in [7, 11) is -5.96. The molecule has 0 spiro atoms. The highest BCUT2D eigenvalue weighted by Gasteiger charge is 2.65. The van der Waals surface area contributed by atoms with Crippen LogP contribution in [0.3, 0.4) is 0 Å². The van der Waals surface area contributed by atoms with E-state index in [1.54, 1.807) is 0 Å². The summed E-state index contributed by atoms with van der Waals surface area (Å²) >= 11 is 0. The van der Waals surface area contributed by atoms with Gasteiger partial charge in [0.1, 0.15) is 18.8 Å². The van der Waals surface area contributed by atoms with E-state index < -0.39 is 50.4 Å². The Morgan fingerprint density at radius 3 is 2.00 bits per heavy atom. The fourth-order valence-electron chi connectivity index (χ4n) is 10.4. The Bertz CT molecular complexity index is 1160. The molecule has 0 radical (unpaired) electrons. The van der Waals surface area contributed by atoms with Gasteiger partial charge in [-0.3, -0.25) is 4.55 Å². The van der Waals surface area contributed by atoms with E-state index in [-0.39, 0.29) is 31.5 Å². The van der Waals surface area contributed by atoms with Gasteiger partial charge in [-0.2, -0.15) is 17.2 Å². The van der Waals surface area contributed by atoms with Crippen molar-refractivity contribution < 1.29 is 55.4 Å². The largest absolute Gasteiger partial charge is 0.465 e. The van der Waals surface area contributed by atoms with Gasteiger partial charge in [-0.1, -0.05) is 6.92 Å². The molecule has 0 heterocycles. The minimum Gasteiger partial charge on any atom is -0.458 e. The van der Waals surface area contributed by atoms with Gasteiger partial charge in [0, 0.05) is 19.3 Å². The lowest BCUT2D eigenvalue weighted by atomic mass is 9.49. The van der Waals surface area contributed by atoms with Gasteiger partial charge in [0.2, 0.25) is 0 Å². The van der Waals surface area contributed by atoms with E-state index in [1.165, 1.54) is 6.42 Å². The van der Waals surface area contributed by atoms with Gasteiger partial charge < -0.3 is 24.1 Å². The van der Waals surface area contributed by atoms with E-state index in [9.17, 15) is 31.9 Å². The van der Waals surface area contributed by atoms with Gasteiger partial charge in [0.25, 0.3) is 0 Å². The van der Waals surface area contributed by atoms with Crippen molar-refractivity contribution in [3.63, 3.8) is 0 Å². The van der Waals surface area contributed by atoms with Crippen molar-refractivity contribution in [2.75, 3.05) is 19.8 Å². The Balaban J connectivity index is 1.07. The van der Waals surface area contributed by atoms with Crippen LogP contribution in [0.1, 0.15) is 84.0 Å². The first-order chi connectivity index (χ1) is 19.1. The molecule has 0 saturated heterocycles. The molecule has 232 valence electrons. The lowest BCUT2D eigenvalue weighted by molar-refractivity contribution is -0.283. The molecule has 8 saturated carbocycles. The third-order valence-corrected chi connectivity index (χ3v) is 11.9. The monoisotopic (exact) mass is 606 g/mol. The summed E-state index contributed by atoms with van der Waals surface area (Å²) in [4.78, 5) is 24.8. The standard InChI is InChI=1S/C28H40F2O10S/c1-2-27(20-6-17-5-18(8-20)9-21(27)7-17)40-22(31)13-39-26-12-19-10-24(33,15-26)14-25(11-19,16-26)38-4-3-37-23(32)28(29,30)41(34,35)36/h17-21,33H,2-16H2,1H3,(H,34,35,36). The molecule has 8 aliphatic rings. The number of ether oxygens (including phenoxy) is 4. The molecule has 0 aromatic heterocycles. The zero-order valence-electron chi connectivity index (χ0n) is 23.3. The van der Waals surface area contributed by atoms with Gasteiger partial charge in [-0.25, -0.2) is 9.59 Å².